The van der Waals surface area contributed by atoms with E-state index in [2.05, 4.69) is 20.5 Å². The van der Waals surface area contributed by atoms with Crippen molar-refractivity contribution in [2.24, 2.45) is 0 Å². The van der Waals surface area contributed by atoms with Crippen LogP contribution in [-0.2, 0) is 0 Å². The number of aromatic nitrogens is 3. The van der Waals surface area contributed by atoms with E-state index in [0.29, 0.717) is 16.4 Å². The minimum Gasteiger partial charge on any atom is -0.399 e. The van der Waals surface area contributed by atoms with Crippen molar-refractivity contribution in [1.82, 2.24) is 20.5 Å². The second-order valence-corrected chi connectivity index (χ2v) is 4.65. The molecule has 0 unspecified atom stereocenters. The average Bonchev–Trinajstić information content (AvgIpc) is 2.74. The molecule has 0 bridgehead atoms. The number of aryl methyl sites for hydroxylation is 1. The van der Waals surface area contributed by atoms with Crippen LogP contribution in [0.4, 0.5) is 5.69 Å². The second-order valence-electron chi connectivity index (χ2n) is 3.64. The van der Waals surface area contributed by atoms with Gasteiger partial charge < -0.3 is 11.1 Å². The van der Waals surface area contributed by atoms with Crippen LogP contribution in [0, 0.1) is 6.92 Å². The molecule has 0 saturated carbocycles. The van der Waals surface area contributed by atoms with E-state index in [0.717, 1.165) is 10.7 Å². The highest BCUT2D eigenvalue weighted by Crippen LogP contribution is 2.29. The molecule has 0 aliphatic heterocycles. The summed E-state index contributed by atoms with van der Waals surface area (Å²) in [5.74, 6) is 0.563. The monoisotopic (exact) mass is 263 g/mol. The fourth-order valence-corrected chi connectivity index (χ4v) is 2.35. The predicted molar refractivity (Wildman–Crippen MR) is 69.5 cm³/mol. The van der Waals surface area contributed by atoms with E-state index in [4.69, 9.17) is 5.73 Å². The van der Waals surface area contributed by atoms with E-state index in [1.54, 1.807) is 25.2 Å². The SMILES string of the molecule is CNC(=O)c1ccc(N)cc1Sc1n[nH]c(C)n1. The average molecular weight is 263 g/mol. The summed E-state index contributed by atoms with van der Waals surface area (Å²) in [6, 6.07) is 5.12. The zero-order valence-electron chi connectivity index (χ0n) is 10.0. The molecule has 2 aromatic rings. The Bertz CT molecular complexity index is 581. The molecular weight excluding hydrogens is 250 g/mol. The summed E-state index contributed by atoms with van der Waals surface area (Å²) in [4.78, 5) is 16.6. The van der Waals surface area contributed by atoms with Crippen LogP contribution in [0.15, 0.2) is 28.3 Å². The van der Waals surface area contributed by atoms with Gasteiger partial charge in [-0.1, -0.05) is 0 Å². The largest absolute Gasteiger partial charge is 0.399 e. The van der Waals surface area contributed by atoms with Crippen LogP contribution in [0.5, 0.6) is 0 Å². The highest BCUT2D eigenvalue weighted by atomic mass is 32.2. The number of carbonyl (C=O) groups is 1. The molecule has 94 valence electrons. The highest BCUT2D eigenvalue weighted by molar-refractivity contribution is 7.99. The molecular formula is C11H13N5OS. The van der Waals surface area contributed by atoms with Crippen molar-refractivity contribution in [3.05, 3.63) is 29.6 Å². The number of hydrogen-bond donors (Lipinski definition) is 3. The Morgan fingerprint density at radius 3 is 2.89 bits per heavy atom. The highest BCUT2D eigenvalue weighted by Gasteiger charge is 2.13. The molecule has 7 heteroatoms. The number of nitrogens with two attached hydrogens (primary N) is 1. The third kappa shape index (κ3) is 2.62. The summed E-state index contributed by atoms with van der Waals surface area (Å²) in [5, 5.41) is 9.92. The van der Waals surface area contributed by atoms with Crippen molar-refractivity contribution < 1.29 is 4.79 Å². The summed E-state index contributed by atoms with van der Waals surface area (Å²) in [6.45, 7) is 1.82. The zero-order valence-corrected chi connectivity index (χ0v) is 10.8. The molecule has 0 aliphatic rings. The predicted octanol–water partition coefficient (Wildman–Crippen LogP) is 1.21. The van der Waals surface area contributed by atoms with Gasteiger partial charge in [-0.3, -0.25) is 9.89 Å². The lowest BCUT2D eigenvalue weighted by atomic mass is 10.2. The summed E-state index contributed by atoms with van der Waals surface area (Å²) in [7, 11) is 1.59. The smallest absolute Gasteiger partial charge is 0.252 e. The van der Waals surface area contributed by atoms with Gasteiger partial charge in [-0.25, -0.2) is 4.98 Å². The van der Waals surface area contributed by atoms with Crippen molar-refractivity contribution in [2.75, 3.05) is 12.8 Å². The molecule has 1 amide bonds. The van der Waals surface area contributed by atoms with Crippen molar-refractivity contribution >= 4 is 23.4 Å². The lowest BCUT2D eigenvalue weighted by Gasteiger charge is -2.07. The molecule has 1 aromatic carbocycles. The van der Waals surface area contributed by atoms with E-state index in [-0.39, 0.29) is 5.91 Å². The Labute approximate surface area is 108 Å². The van der Waals surface area contributed by atoms with Crippen LogP contribution in [0.2, 0.25) is 0 Å². The maximum absolute atomic E-state index is 11.7. The molecule has 0 fully saturated rings. The normalized spacial score (nSPS) is 10.3. The van der Waals surface area contributed by atoms with Gasteiger partial charge in [0.2, 0.25) is 5.16 Å². The van der Waals surface area contributed by atoms with Crippen LogP contribution in [0.25, 0.3) is 0 Å². The summed E-state index contributed by atoms with van der Waals surface area (Å²) in [6.07, 6.45) is 0. The number of nitrogens with zero attached hydrogens (tertiary/aromatic N) is 2. The molecule has 0 atom stereocenters. The van der Waals surface area contributed by atoms with Crippen LogP contribution in [0.3, 0.4) is 0 Å². The van der Waals surface area contributed by atoms with Crippen molar-refractivity contribution in [3.8, 4) is 0 Å². The number of nitrogen functional groups attached to an aromatic ring is 1. The maximum atomic E-state index is 11.7. The quantitative estimate of drug-likeness (QED) is 0.723. The van der Waals surface area contributed by atoms with Gasteiger partial charge in [-0.15, -0.1) is 5.10 Å². The van der Waals surface area contributed by atoms with E-state index in [9.17, 15) is 4.79 Å². The molecule has 0 radical (unpaired) electrons. The van der Waals surface area contributed by atoms with E-state index >= 15 is 0 Å². The van der Waals surface area contributed by atoms with Gasteiger partial charge in [0, 0.05) is 17.6 Å². The fourth-order valence-electron chi connectivity index (χ4n) is 1.41. The minimum atomic E-state index is -0.162. The molecule has 4 N–H and O–H groups in total. The number of hydrogen-bond acceptors (Lipinski definition) is 5. The van der Waals surface area contributed by atoms with Crippen LogP contribution >= 0.6 is 11.8 Å². The molecule has 2 rings (SSSR count). The van der Waals surface area contributed by atoms with Gasteiger partial charge in [0.05, 0.1) is 5.56 Å². The minimum absolute atomic E-state index is 0.162. The molecule has 0 saturated heterocycles. The van der Waals surface area contributed by atoms with E-state index < -0.39 is 0 Å². The Morgan fingerprint density at radius 2 is 2.28 bits per heavy atom. The van der Waals surface area contributed by atoms with Crippen LogP contribution in [0.1, 0.15) is 16.2 Å². The van der Waals surface area contributed by atoms with Gasteiger partial charge >= 0.3 is 0 Å². The number of nitrogens with one attached hydrogen (secondary N) is 2. The van der Waals surface area contributed by atoms with Crippen molar-refractivity contribution in [1.29, 1.82) is 0 Å². The number of aromatic amines is 1. The summed E-state index contributed by atoms with van der Waals surface area (Å²) in [5.41, 5.74) is 6.88. The standard InChI is InChI=1S/C11H13N5OS/c1-6-14-11(16-15-6)18-9-5-7(12)3-4-8(9)10(17)13-2/h3-5H,12H2,1-2H3,(H,13,17)(H,14,15,16). The topological polar surface area (TPSA) is 96.7 Å². The fraction of sp³-hybridized carbons (Fsp3) is 0.182. The maximum Gasteiger partial charge on any atom is 0.252 e. The van der Waals surface area contributed by atoms with Gasteiger partial charge in [0.15, 0.2) is 0 Å². The number of anilines is 1. The number of rotatable bonds is 3. The van der Waals surface area contributed by atoms with Crippen molar-refractivity contribution in [3.63, 3.8) is 0 Å². The van der Waals surface area contributed by atoms with Crippen molar-refractivity contribution in [2.45, 2.75) is 17.0 Å². The number of carbonyl (C=O) groups excluding carboxylic acids is 1. The molecule has 0 aliphatic carbocycles. The Kier molecular flexibility index (Phi) is 3.52. The molecule has 18 heavy (non-hydrogen) atoms. The first-order chi connectivity index (χ1) is 8.60. The Balaban J connectivity index is 2.36. The lowest BCUT2D eigenvalue weighted by Crippen LogP contribution is -2.18. The Hall–Kier alpha value is -2.02. The third-order valence-corrected chi connectivity index (χ3v) is 3.18. The van der Waals surface area contributed by atoms with E-state index in [1.807, 2.05) is 6.92 Å². The van der Waals surface area contributed by atoms with Crippen LogP contribution in [-0.4, -0.2) is 28.1 Å². The van der Waals surface area contributed by atoms with E-state index in [1.165, 1.54) is 11.8 Å². The van der Waals surface area contributed by atoms with Crippen LogP contribution < -0.4 is 11.1 Å². The molecule has 6 nitrogen and oxygen atoms in total. The summed E-state index contributed by atoms with van der Waals surface area (Å²) < 4.78 is 0. The third-order valence-electron chi connectivity index (χ3n) is 2.26. The molecule has 1 heterocycles. The first-order valence-electron chi connectivity index (χ1n) is 5.28. The molecule has 0 spiro atoms. The first-order valence-corrected chi connectivity index (χ1v) is 6.10. The number of H-pyrrole nitrogens is 1. The molecule has 1 aromatic heterocycles. The van der Waals surface area contributed by atoms with Gasteiger partial charge in [-0.2, -0.15) is 0 Å². The summed E-state index contributed by atoms with van der Waals surface area (Å²) >= 11 is 1.30. The van der Waals surface area contributed by atoms with Gasteiger partial charge in [-0.05, 0) is 36.9 Å². The zero-order chi connectivity index (χ0) is 13.1. The van der Waals surface area contributed by atoms with Gasteiger partial charge in [0.1, 0.15) is 5.82 Å². The Morgan fingerprint density at radius 1 is 1.50 bits per heavy atom. The lowest BCUT2D eigenvalue weighted by molar-refractivity contribution is 0.0960. The number of amides is 1. The van der Waals surface area contributed by atoms with Gasteiger partial charge in [0.25, 0.3) is 5.91 Å². The second kappa shape index (κ2) is 5.09. The number of benzene rings is 1. The first kappa shape index (κ1) is 12.4.